The quantitative estimate of drug-likeness (QED) is 0.610. The zero-order valence-electron chi connectivity index (χ0n) is 17.7. The van der Waals surface area contributed by atoms with Crippen LogP contribution in [0.2, 0.25) is 0 Å². The van der Waals surface area contributed by atoms with Crippen molar-refractivity contribution in [3.8, 4) is 5.69 Å². The highest BCUT2D eigenvalue weighted by Crippen LogP contribution is 2.28. The first-order valence-electron chi connectivity index (χ1n) is 11.3. The van der Waals surface area contributed by atoms with E-state index in [1.165, 1.54) is 19.3 Å². The number of nitrogens with zero attached hydrogens (tertiary/aromatic N) is 6. The number of fused-ring (bicyclic) bond motifs is 1. The molecule has 2 aliphatic heterocycles. The third-order valence-electron chi connectivity index (χ3n) is 6.28. The minimum atomic E-state index is 0.0489. The number of amides is 1. The molecule has 160 valence electrons. The second-order valence-corrected chi connectivity index (χ2v) is 8.45. The summed E-state index contributed by atoms with van der Waals surface area (Å²) in [5.74, 6) is 2.51. The minimum Gasteiger partial charge on any atom is -0.338 e. The first kappa shape index (κ1) is 19.7. The van der Waals surface area contributed by atoms with Crippen LogP contribution in [-0.4, -0.2) is 48.4 Å². The van der Waals surface area contributed by atoms with Gasteiger partial charge in [-0.2, -0.15) is 5.10 Å². The van der Waals surface area contributed by atoms with Crippen LogP contribution in [0.1, 0.15) is 55.2 Å². The standard InChI is InChI=1S/C24H28N6O/c31-23(13-12-19-16-25-30(17-19)21-9-3-1-4-10-21)28-14-7-8-20(18-28)24-27-26-22-11-5-2-6-15-29(22)24/h1,3-4,9-10,12-13,16-17,20H,2,5-8,11,14-15,18H2/b13-12+. The molecule has 1 aromatic carbocycles. The van der Waals surface area contributed by atoms with E-state index in [2.05, 4.69) is 19.9 Å². The van der Waals surface area contributed by atoms with Crippen LogP contribution in [-0.2, 0) is 17.8 Å². The van der Waals surface area contributed by atoms with Crippen LogP contribution in [0.4, 0.5) is 0 Å². The second kappa shape index (κ2) is 8.88. The molecule has 1 amide bonds. The third-order valence-corrected chi connectivity index (χ3v) is 6.28. The Balaban J connectivity index is 1.25. The molecule has 0 saturated carbocycles. The highest BCUT2D eigenvalue weighted by molar-refractivity contribution is 5.91. The van der Waals surface area contributed by atoms with Gasteiger partial charge in [0, 0.05) is 49.8 Å². The maximum absolute atomic E-state index is 12.9. The molecule has 0 N–H and O–H groups in total. The zero-order valence-corrected chi connectivity index (χ0v) is 17.7. The Morgan fingerprint density at radius 1 is 1.03 bits per heavy atom. The summed E-state index contributed by atoms with van der Waals surface area (Å²) in [5, 5.41) is 13.4. The van der Waals surface area contributed by atoms with Crippen LogP contribution in [0.3, 0.4) is 0 Å². The normalized spacial score (nSPS) is 19.4. The maximum atomic E-state index is 12.9. The molecule has 2 aliphatic rings. The van der Waals surface area contributed by atoms with Crippen LogP contribution >= 0.6 is 0 Å². The molecular weight excluding hydrogens is 388 g/mol. The van der Waals surface area contributed by atoms with E-state index >= 15 is 0 Å². The van der Waals surface area contributed by atoms with Gasteiger partial charge in [-0.1, -0.05) is 24.6 Å². The Kier molecular flexibility index (Phi) is 5.65. The number of likely N-dealkylation sites (tertiary alicyclic amines) is 1. The Hall–Kier alpha value is -3.22. The van der Waals surface area contributed by atoms with Gasteiger partial charge in [0.15, 0.2) is 0 Å². The van der Waals surface area contributed by atoms with Crippen molar-refractivity contribution in [2.45, 2.75) is 51.0 Å². The number of hydrogen-bond acceptors (Lipinski definition) is 4. The van der Waals surface area contributed by atoms with Gasteiger partial charge in [-0.05, 0) is 43.9 Å². The number of piperidine rings is 1. The van der Waals surface area contributed by atoms with Gasteiger partial charge in [0.2, 0.25) is 5.91 Å². The lowest BCUT2D eigenvalue weighted by Crippen LogP contribution is -2.39. The average molecular weight is 417 g/mol. The van der Waals surface area contributed by atoms with Crippen molar-refractivity contribution in [3.05, 3.63) is 66.0 Å². The van der Waals surface area contributed by atoms with Crippen LogP contribution < -0.4 is 0 Å². The highest BCUT2D eigenvalue weighted by Gasteiger charge is 2.28. The first-order chi connectivity index (χ1) is 15.3. The van der Waals surface area contributed by atoms with Crippen molar-refractivity contribution in [2.75, 3.05) is 13.1 Å². The number of carbonyl (C=O) groups is 1. The third kappa shape index (κ3) is 4.31. The SMILES string of the molecule is O=C(/C=C/c1cnn(-c2ccccc2)c1)N1CCCC(c2nnc3n2CCCCC3)C1. The van der Waals surface area contributed by atoms with E-state index in [0.29, 0.717) is 6.54 Å². The molecular formula is C24H28N6O. The van der Waals surface area contributed by atoms with E-state index in [9.17, 15) is 4.79 Å². The Morgan fingerprint density at radius 2 is 1.94 bits per heavy atom. The van der Waals surface area contributed by atoms with Crippen molar-refractivity contribution >= 4 is 12.0 Å². The minimum absolute atomic E-state index is 0.0489. The van der Waals surface area contributed by atoms with Gasteiger partial charge in [-0.25, -0.2) is 4.68 Å². The maximum Gasteiger partial charge on any atom is 0.246 e. The largest absolute Gasteiger partial charge is 0.338 e. The van der Waals surface area contributed by atoms with E-state index in [0.717, 1.165) is 55.3 Å². The number of rotatable bonds is 4. The summed E-state index contributed by atoms with van der Waals surface area (Å²) < 4.78 is 4.14. The van der Waals surface area contributed by atoms with Crippen molar-refractivity contribution in [2.24, 2.45) is 0 Å². The fourth-order valence-electron chi connectivity index (χ4n) is 4.62. The number of aromatic nitrogens is 5. The molecule has 0 bridgehead atoms. The second-order valence-electron chi connectivity index (χ2n) is 8.45. The summed E-state index contributed by atoms with van der Waals surface area (Å²) in [6.07, 6.45) is 13.9. The molecule has 0 spiro atoms. The molecule has 3 aromatic rings. The molecule has 31 heavy (non-hydrogen) atoms. The molecule has 4 heterocycles. The number of aryl methyl sites for hydroxylation is 1. The first-order valence-corrected chi connectivity index (χ1v) is 11.3. The van der Waals surface area contributed by atoms with Gasteiger partial charge in [0.25, 0.3) is 0 Å². The Morgan fingerprint density at radius 3 is 2.84 bits per heavy atom. The molecule has 7 nitrogen and oxygen atoms in total. The van der Waals surface area contributed by atoms with E-state index in [1.54, 1.807) is 12.3 Å². The van der Waals surface area contributed by atoms with Crippen molar-refractivity contribution in [1.82, 2.24) is 29.4 Å². The van der Waals surface area contributed by atoms with Crippen molar-refractivity contribution in [1.29, 1.82) is 0 Å². The molecule has 0 radical (unpaired) electrons. The summed E-state index contributed by atoms with van der Waals surface area (Å²) >= 11 is 0. The number of para-hydroxylation sites is 1. The monoisotopic (exact) mass is 416 g/mol. The molecule has 1 unspecified atom stereocenters. The van der Waals surface area contributed by atoms with E-state index in [-0.39, 0.29) is 11.8 Å². The molecule has 1 fully saturated rings. The summed E-state index contributed by atoms with van der Waals surface area (Å²) in [6, 6.07) is 9.96. The molecule has 2 aromatic heterocycles. The van der Waals surface area contributed by atoms with Gasteiger partial charge >= 0.3 is 0 Å². The topological polar surface area (TPSA) is 68.8 Å². The molecule has 0 aliphatic carbocycles. The predicted octanol–water partition coefficient (Wildman–Crippen LogP) is 3.61. The smallest absolute Gasteiger partial charge is 0.246 e. The van der Waals surface area contributed by atoms with E-state index < -0.39 is 0 Å². The fourth-order valence-corrected chi connectivity index (χ4v) is 4.62. The van der Waals surface area contributed by atoms with Crippen molar-refractivity contribution in [3.63, 3.8) is 0 Å². The van der Waals surface area contributed by atoms with Crippen LogP contribution in [0.25, 0.3) is 11.8 Å². The molecule has 1 atom stereocenters. The summed E-state index contributed by atoms with van der Waals surface area (Å²) in [5.41, 5.74) is 1.91. The van der Waals surface area contributed by atoms with Gasteiger partial charge in [-0.15, -0.1) is 10.2 Å². The lowest BCUT2D eigenvalue weighted by molar-refractivity contribution is -0.127. The lowest BCUT2D eigenvalue weighted by Gasteiger charge is -2.31. The van der Waals surface area contributed by atoms with Crippen LogP contribution in [0, 0.1) is 0 Å². The van der Waals surface area contributed by atoms with Gasteiger partial charge < -0.3 is 9.47 Å². The van der Waals surface area contributed by atoms with Gasteiger partial charge in [0.05, 0.1) is 11.9 Å². The van der Waals surface area contributed by atoms with Crippen molar-refractivity contribution < 1.29 is 4.79 Å². The fraction of sp³-hybridized carbons (Fsp3) is 0.417. The van der Waals surface area contributed by atoms with Gasteiger partial charge in [0.1, 0.15) is 11.6 Å². The summed E-state index contributed by atoms with van der Waals surface area (Å²) in [7, 11) is 0. The summed E-state index contributed by atoms with van der Waals surface area (Å²) in [4.78, 5) is 14.8. The number of carbonyl (C=O) groups excluding carboxylic acids is 1. The predicted molar refractivity (Wildman–Crippen MR) is 119 cm³/mol. The number of hydrogen-bond donors (Lipinski definition) is 0. The molecule has 1 saturated heterocycles. The van der Waals surface area contributed by atoms with Crippen LogP contribution in [0.5, 0.6) is 0 Å². The van der Waals surface area contributed by atoms with Crippen LogP contribution in [0.15, 0.2) is 48.8 Å². The summed E-state index contributed by atoms with van der Waals surface area (Å²) in [6.45, 7) is 2.52. The average Bonchev–Trinajstić information content (AvgIpc) is 3.39. The molecule has 7 heteroatoms. The molecule has 5 rings (SSSR count). The van der Waals surface area contributed by atoms with E-state index in [4.69, 9.17) is 0 Å². The number of benzene rings is 1. The Labute approximate surface area is 182 Å². The zero-order chi connectivity index (χ0) is 21.0. The lowest BCUT2D eigenvalue weighted by atomic mass is 9.97. The highest BCUT2D eigenvalue weighted by atomic mass is 16.2. The van der Waals surface area contributed by atoms with Gasteiger partial charge in [-0.3, -0.25) is 4.79 Å². The Bertz CT molecular complexity index is 1070. The van der Waals surface area contributed by atoms with E-state index in [1.807, 2.05) is 52.2 Å².